The Hall–Kier alpha value is -0.610. The van der Waals surface area contributed by atoms with Crippen LogP contribution < -0.4 is 5.73 Å². The van der Waals surface area contributed by atoms with Crippen molar-refractivity contribution in [2.45, 2.75) is 123 Å². The molecule has 0 aliphatic heterocycles. The van der Waals surface area contributed by atoms with E-state index in [0.717, 1.165) is 25.2 Å². The molecule has 2 unspecified atom stereocenters. The summed E-state index contributed by atoms with van der Waals surface area (Å²) in [6, 6.07) is 0. The zero-order chi connectivity index (χ0) is 20.1. The number of carbonyl (C=O) groups excluding carboxylic acids is 1. The summed E-state index contributed by atoms with van der Waals surface area (Å²) in [6.07, 6.45) is 16.4. The lowest BCUT2D eigenvalue weighted by Crippen LogP contribution is -2.29. The fraction of sp³-hybridized carbons (Fsp3) is 0.957. The lowest BCUT2D eigenvalue weighted by Gasteiger charge is -2.21. The average Bonchev–Trinajstić information content (AvgIpc) is 3.30. The molecule has 0 heterocycles. The lowest BCUT2D eigenvalue weighted by molar-refractivity contribution is -0.162. The second-order valence-corrected chi connectivity index (χ2v) is 8.49. The van der Waals surface area contributed by atoms with Crippen LogP contribution in [0.1, 0.15) is 111 Å². The predicted molar refractivity (Wildman–Crippen MR) is 112 cm³/mol. The van der Waals surface area contributed by atoms with E-state index in [2.05, 4.69) is 13.8 Å². The minimum Gasteiger partial charge on any atom is -0.438 e. The highest BCUT2D eigenvalue weighted by molar-refractivity contribution is 5.71. The van der Waals surface area contributed by atoms with Crippen LogP contribution in [0.2, 0.25) is 0 Å². The van der Waals surface area contributed by atoms with Crippen molar-refractivity contribution in [3.63, 3.8) is 0 Å². The Morgan fingerprint density at radius 2 is 1.52 bits per heavy atom. The Labute approximate surface area is 167 Å². The van der Waals surface area contributed by atoms with Crippen molar-refractivity contribution in [2.75, 3.05) is 6.79 Å². The Morgan fingerprint density at radius 3 is 1.96 bits per heavy atom. The molecule has 160 valence electrons. The number of hydrogen-bond acceptors (Lipinski definition) is 4. The molecule has 0 spiro atoms. The van der Waals surface area contributed by atoms with Crippen molar-refractivity contribution < 1.29 is 14.3 Å². The molecule has 3 aliphatic carbocycles. The second kappa shape index (κ2) is 13.5. The van der Waals surface area contributed by atoms with Crippen LogP contribution in [-0.4, -0.2) is 24.4 Å². The summed E-state index contributed by atoms with van der Waals surface area (Å²) in [6.45, 7) is 8.47. The van der Waals surface area contributed by atoms with Crippen LogP contribution >= 0.6 is 0 Å². The zero-order valence-electron chi connectivity index (χ0n) is 18.4. The van der Waals surface area contributed by atoms with Crippen molar-refractivity contribution in [1.82, 2.24) is 0 Å². The average molecular weight is 384 g/mol. The van der Waals surface area contributed by atoms with Crippen molar-refractivity contribution in [3.05, 3.63) is 0 Å². The van der Waals surface area contributed by atoms with Gasteiger partial charge in [-0.2, -0.15) is 0 Å². The Morgan fingerprint density at radius 1 is 1.00 bits per heavy atom. The van der Waals surface area contributed by atoms with E-state index in [1.807, 2.05) is 13.8 Å². The molecule has 0 aromatic carbocycles. The van der Waals surface area contributed by atoms with E-state index in [4.69, 9.17) is 15.2 Å². The van der Waals surface area contributed by atoms with Crippen LogP contribution in [0.25, 0.3) is 0 Å². The minimum absolute atomic E-state index is 0.0912. The van der Waals surface area contributed by atoms with Crippen LogP contribution in [0.4, 0.5) is 0 Å². The van der Waals surface area contributed by atoms with Gasteiger partial charge in [-0.3, -0.25) is 4.79 Å². The van der Waals surface area contributed by atoms with Gasteiger partial charge in [0, 0.05) is 5.54 Å². The van der Waals surface area contributed by atoms with Crippen LogP contribution in [0.3, 0.4) is 0 Å². The first-order valence-electron chi connectivity index (χ1n) is 11.6. The fourth-order valence-electron chi connectivity index (χ4n) is 4.10. The maximum atomic E-state index is 11.5. The monoisotopic (exact) mass is 383 g/mol. The van der Waals surface area contributed by atoms with Gasteiger partial charge in [0.05, 0.1) is 12.5 Å². The molecule has 4 nitrogen and oxygen atoms in total. The van der Waals surface area contributed by atoms with Gasteiger partial charge < -0.3 is 15.2 Å². The summed E-state index contributed by atoms with van der Waals surface area (Å²) in [5.41, 5.74) is 5.66. The van der Waals surface area contributed by atoms with E-state index < -0.39 is 0 Å². The Balaban J connectivity index is 0.000000305. The fourth-order valence-corrected chi connectivity index (χ4v) is 4.10. The third-order valence-electron chi connectivity index (χ3n) is 6.36. The molecule has 0 amide bonds. The third kappa shape index (κ3) is 9.94. The van der Waals surface area contributed by atoms with Crippen molar-refractivity contribution in [2.24, 2.45) is 17.6 Å². The number of hydrogen-bond donors (Lipinski definition) is 1. The first-order chi connectivity index (χ1) is 13.0. The summed E-state index contributed by atoms with van der Waals surface area (Å²) in [7, 11) is 0. The van der Waals surface area contributed by atoms with Gasteiger partial charge in [0.25, 0.3) is 0 Å². The molecule has 0 aromatic heterocycles. The minimum atomic E-state index is -0.304. The van der Waals surface area contributed by atoms with Gasteiger partial charge in [-0.05, 0) is 31.1 Å². The van der Waals surface area contributed by atoms with Gasteiger partial charge >= 0.3 is 5.97 Å². The normalized spacial score (nSPS) is 28.3. The number of carbonyl (C=O) groups is 1. The number of ether oxygens (including phenoxy) is 2. The van der Waals surface area contributed by atoms with Crippen LogP contribution in [0.15, 0.2) is 0 Å². The molecule has 27 heavy (non-hydrogen) atoms. The number of nitrogens with two attached hydrogens (primary N) is 1. The summed E-state index contributed by atoms with van der Waals surface area (Å²) in [4.78, 5) is 11.5. The molecule has 3 aliphatic rings. The molecule has 0 saturated heterocycles. The Kier molecular flexibility index (Phi) is 12.3. The predicted octanol–water partition coefficient (Wildman–Crippen LogP) is 5.97. The van der Waals surface area contributed by atoms with Crippen molar-refractivity contribution in [1.29, 1.82) is 0 Å². The van der Waals surface area contributed by atoms with E-state index in [-0.39, 0.29) is 24.4 Å². The summed E-state index contributed by atoms with van der Waals surface area (Å²) in [5, 5.41) is 0. The molecule has 2 N–H and O–H groups in total. The molecule has 0 radical (unpaired) electrons. The molecule has 3 rings (SSSR count). The van der Waals surface area contributed by atoms with Gasteiger partial charge in [0.1, 0.15) is 0 Å². The summed E-state index contributed by atoms with van der Waals surface area (Å²) >= 11 is 0. The molecular formula is C23H45NO3. The van der Waals surface area contributed by atoms with Gasteiger partial charge in [-0.1, -0.05) is 85.5 Å². The number of rotatable bonds is 6. The van der Waals surface area contributed by atoms with Crippen LogP contribution in [-0.2, 0) is 14.3 Å². The standard InChI is InChI=1S/C13H23NO3.C8H16.C2H6/c1-10-7-13(10,14)8-12(15)17-9-16-11-5-3-2-4-6-11;1-2-8-6-4-3-5-7-8;1-2/h10-11H,2-9,14H2,1H3;8H,2-7H2,1H3;1-2H3. The van der Waals surface area contributed by atoms with Gasteiger partial charge in [-0.25, -0.2) is 0 Å². The maximum Gasteiger partial charge on any atom is 0.309 e. The molecule has 0 aromatic rings. The Bertz CT molecular complexity index is 389. The first-order valence-corrected chi connectivity index (χ1v) is 11.6. The lowest BCUT2D eigenvalue weighted by atomic mass is 9.88. The van der Waals surface area contributed by atoms with Crippen LogP contribution in [0, 0.1) is 11.8 Å². The van der Waals surface area contributed by atoms with Crippen molar-refractivity contribution >= 4 is 5.97 Å². The maximum absolute atomic E-state index is 11.5. The SMILES string of the molecule is CC.CC1CC1(N)CC(=O)OCOC1CCCCC1.CCC1CCCCC1. The summed E-state index contributed by atoms with van der Waals surface area (Å²) in [5.74, 6) is 1.30. The third-order valence-corrected chi connectivity index (χ3v) is 6.36. The smallest absolute Gasteiger partial charge is 0.309 e. The highest BCUT2D eigenvalue weighted by Crippen LogP contribution is 2.43. The molecule has 0 bridgehead atoms. The second-order valence-electron chi connectivity index (χ2n) is 8.49. The highest BCUT2D eigenvalue weighted by Gasteiger charge is 2.49. The van der Waals surface area contributed by atoms with Gasteiger partial charge in [0.15, 0.2) is 6.79 Å². The summed E-state index contributed by atoms with van der Waals surface area (Å²) < 4.78 is 10.6. The van der Waals surface area contributed by atoms with Crippen molar-refractivity contribution in [3.8, 4) is 0 Å². The highest BCUT2D eigenvalue weighted by atomic mass is 16.7. The van der Waals surface area contributed by atoms with E-state index in [0.29, 0.717) is 12.3 Å². The van der Waals surface area contributed by atoms with E-state index in [9.17, 15) is 4.79 Å². The molecule has 4 heteroatoms. The topological polar surface area (TPSA) is 61.6 Å². The molecule has 3 fully saturated rings. The zero-order valence-corrected chi connectivity index (χ0v) is 18.4. The molecule has 3 saturated carbocycles. The first kappa shape index (κ1) is 24.4. The quantitative estimate of drug-likeness (QED) is 0.453. The van der Waals surface area contributed by atoms with E-state index >= 15 is 0 Å². The number of esters is 1. The molecule has 2 atom stereocenters. The van der Waals surface area contributed by atoms with Gasteiger partial charge in [-0.15, -0.1) is 0 Å². The van der Waals surface area contributed by atoms with E-state index in [1.165, 1.54) is 57.8 Å². The molecular weight excluding hydrogens is 338 g/mol. The van der Waals surface area contributed by atoms with Gasteiger partial charge in [0.2, 0.25) is 0 Å². The largest absolute Gasteiger partial charge is 0.438 e. The van der Waals surface area contributed by atoms with Crippen LogP contribution in [0.5, 0.6) is 0 Å². The van der Waals surface area contributed by atoms with E-state index in [1.54, 1.807) is 0 Å².